The minimum atomic E-state index is -0.488. The molecule has 2 rings (SSSR count). The van der Waals surface area contributed by atoms with Gasteiger partial charge in [-0.05, 0) is 12.1 Å². The number of rotatable bonds is 4. The van der Waals surface area contributed by atoms with Crippen LogP contribution in [0.15, 0.2) is 24.3 Å². The molecule has 1 heterocycles. The first-order chi connectivity index (χ1) is 9.65. The Bertz CT molecular complexity index is 471. The van der Waals surface area contributed by atoms with Crippen LogP contribution >= 0.6 is 0 Å². The van der Waals surface area contributed by atoms with Gasteiger partial charge in [-0.25, -0.2) is 4.79 Å². The van der Waals surface area contributed by atoms with Crippen LogP contribution in [0.5, 0.6) is 0 Å². The number of morpholine rings is 1. The number of carbonyl (C=O) groups is 1. The van der Waals surface area contributed by atoms with Crippen molar-refractivity contribution >= 4 is 17.4 Å². The maximum atomic E-state index is 11.6. The molecule has 1 aliphatic heterocycles. The number of carbonyl (C=O) groups excluding carboxylic acids is 1. The highest BCUT2D eigenvalue weighted by molar-refractivity contribution is 5.89. The van der Waals surface area contributed by atoms with Gasteiger partial charge in [-0.3, -0.25) is 10.1 Å². The van der Waals surface area contributed by atoms with Gasteiger partial charge >= 0.3 is 6.03 Å². The lowest BCUT2D eigenvalue weighted by Gasteiger charge is -2.23. The number of nitro benzene ring substituents is 1. The number of nitrogens with zero attached hydrogens (tertiary/aromatic N) is 1. The topological polar surface area (TPSA) is 106 Å². The second-order valence-electron chi connectivity index (χ2n) is 4.36. The summed E-state index contributed by atoms with van der Waals surface area (Å²) >= 11 is 0. The Morgan fingerprint density at radius 1 is 1.45 bits per heavy atom. The Morgan fingerprint density at radius 3 is 2.80 bits per heavy atom. The fraction of sp³-hybridized carbons (Fsp3) is 0.417. The van der Waals surface area contributed by atoms with E-state index in [-0.39, 0.29) is 17.8 Å². The monoisotopic (exact) mass is 280 g/mol. The van der Waals surface area contributed by atoms with Crippen LogP contribution in [0, 0.1) is 10.1 Å². The van der Waals surface area contributed by atoms with E-state index in [1.165, 1.54) is 24.3 Å². The first-order valence-electron chi connectivity index (χ1n) is 6.25. The summed E-state index contributed by atoms with van der Waals surface area (Å²) < 4.78 is 5.27. The lowest BCUT2D eigenvalue weighted by Crippen LogP contribution is -2.49. The van der Waals surface area contributed by atoms with E-state index in [1.807, 2.05) is 0 Å². The molecule has 8 nitrogen and oxygen atoms in total. The lowest BCUT2D eigenvalue weighted by atomic mass is 10.3. The van der Waals surface area contributed by atoms with E-state index in [0.717, 1.165) is 6.54 Å². The Morgan fingerprint density at radius 2 is 2.20 bits per heavy atom. The van der Waals surface area contributed by atoms with Crippen molar-refractivity contribution in [3.63, 3.8) is 0 Å². The largest absolute Gasteiger partial charge is 0.378 e. The fourth-order valence-electron chi connectivity index (χ4n) is 1.81. The predicted octanol–water partition coefficient (Wildman–Crippen LogP) is 0.705. The number of nitrogens with one attached hydrogen (secondary N) is 3. The fourth-order valence-corrected chi connectivity index (χ4v) is 1.81. The summed E-state index contributed by atoms with van der Waals surface area (Å²) in [6.07, 6.45) is 0. The summed E-state index contributed by atoms with van der Waals surface area (Å²) in [6.45, 7) is 2.48. The Balaban J connectivity index is 1.77. The van der Waals surface area contributed by atoms with Crippen LogP contribution in [0.1, 0.15) is 0 Å². The number of nitro groups is 1. The summed E-state index contributed by atoms with van der Waals surface area (Å²) in [4.78, 5) is 21.7. The second kappa shape index (κ2) is 6.83. The van der Waals surface area contributed by atoms with Crippen LogP contribution in [-0.4, -0.2) is 43.3 Å². The molecule has 108 valence electrons. The minimum Gasteiger partial charge on any atom is -0.378 e. The highest BCUT2D eigenvalue weighted by Gasteiger charge is 2.13. The third-order valence-corrected chi connectivity index (χ3v) is 2.84. The van der Waals surface area contributed by atoms with Crippen molar-refractivity contribution in [3.05, 3.63) is 34.4 Å². The number of hydrogen-bond acceptors (Lipinski definition) is 5. The smallest absolute Gasteiger partial charge is 0.319 e. The zero-order valence-corrected chi connectivity index (χ0v) is 10.8. The molecule has 3 N–H and O–H groups in total. The first kappa shape index (κ1) is 14.2. The Kier molecular flexibility index (Phi) is 4.85. The summed E-state index contributed by atoms with van der Waals surface area (Å²) in [5, 5.41) is 19.0. The van der Waals surface area contributed by atoms with Crippen LogP contribution in [0.4, 0.5) is 16.2 Å². The standard InChI is InChI=1S/C12H16N4O4/c17-12(14-7-10-8-20-6-5-13-10)15-9-1-3-11(4-2-9)16(18)19/h1-4,10,13H,5-8H2,(H2,14,15,17). The molecule has 1 atom stereocenters. The van der Waals surface area contributed by atoms with E-state index in [4.69, 9.17) is 4.74 Å². The van der Waals surface area contributed by atoms with Crippen LogP contribution < -0.4 is 16.0 Å². The molecular weight excluding hydrogens is 264 g/mol. The van der Waals surface area contributed by atoms with E-state index in [9.17, 15) is 14.9 Å². The lowest BCUT2D eigenvalue weighted by molar-refractivity contribution is -0.384. The van der Waals surface area contributed by atoms with Crippen LogP contribution in [0.2, 0.25) is 0 Å². The van der Waals surface area contributed by atoms with Gasteiger partial charge < -0.3 is 20.7 Å². The number of benzene rings is 1. The minimum absolute atomic E-state index is 0.0143. The van der Waals surface area contributed by atoms with Crippen molar-refractivity contribution in [2.75, 3.05) is 31.6 Å². The summed E-state index contributed by atoms with van der Waals surface area (Å²) in [6, 6.07) is 5.40. The maximum absolute atomic E-state index is 11.6. The average Bonchev–Trinajstić information content (AvgIpc) is 2.47. The highest BCUT2D eigenvalue weighted by atomic mass is 16.6. The Labute approximate surface area is 115 Å². The molecule has 0 aliphatic carbocycles. The quantitative estimate of drug-likeness (QED) is 0.556. The molecule has 0 spiro atoms. The van der Waals surface area contributed by atoms with E-state index in [2.05, 4.69) is 16.0 Å². The number of urea groups is 1. The van der Waals surface area contributed by atoms with Gasteiger partial charge in [0.25, 0.3) is 5.69 Å². The number of amides is 2. The van der Waals surface area contributed by atoms with Gasteiger partial charge in [0.1, 0.15) is 0 Å². The average molecular weight is 280 g/mol. The molecule has 1 aromatic rings. The summed E-state index contributed by atoms with van der Waals surface area (Å²) in [5.74, 6) is 0. The third kappa shape index (κ3) is 4.18. The van der Waals surface area contributed by atoms with Crippen LogP contribution in [0.25, 0.3) is 0 Å². The van der Waals surface area contributed by atoms with Gasteiger partial charge in [0.2, 0.25) is 0 Å². The molecule has 1 unspecified atom stereocenters. The molecule has 0 radical (unpaired) electrons. The Hall–Kier alpha value is -2.19. The predicted molar refractivity (Wildman–Crippen MR) is 72.7 cm³/mol. The number of ether oxygens (including phenoxy) is 1. The van der Waals surface area contributed by atoms with Crippen molar-refractivity contribution in [3.8, 4) is 0 Å². The number of non-ortho nitro benzene ring substituents is 1. The van der Waals surface area contributed by atoms with E-state index >= 15 is 0 Å². The molecule has 0 bridgehead atoms. The second-order valence-corrected chi connectivity index (χ2v) is 4.36. The molecule has 1 aliphatic rings. The zero-order valence-electron chi connectivity index (χ0n) is 10.8. The summed E-state index contributed by atoms with van der Waals surface area (Å²) in [5.41, 5.74) is 0.487. The van der Waals surface area contributed by atoms with Gasteiger partial charge in [-0.1, -0.05) is 0 Å². The molecule has 20 heavy (non-hydrogen) atoms. The van der Waals surface area contributed by atoms with Gasteiger partial charge in [-0.15, -0.1) is 0 Å². The van der Waals surface area contributed by atoms with Gasteiger partial charge in [0, 0.05) is 37.0 Å². The molecule has 0 aromatic heterocycles. The normalized spacial score (nSPS) is 18.3. The molecule has 2 amide bonds. The third-order valence-electron chi connectivity index (χ3n) is 2.84. The first-order valence-corrected chi connectivity index (χ1v) is 6.25. The van der Waals surface area contributed by atoms with Gasteiger partial charge in [-0.2, -0.15) is 0 Å². The van der Waals surface area contributed by atoms with Crippen molar-refractivity contribution in [2.45, 2.75) is 6.04 Å². The maximum Gasteiger partial charge on any atom is 0.319 e. The number of anilines is 1. The molecular formula is C12H16N4O4. The highest BCUT2D eigenvalue weighted by Crippen LogP contribution is 2.15. The van der Waals surface area contributed by atoms with E-state index in [1.54, 1.807) is 0 Å². The molecule has 1 fully saturated rings. The van der Waals surface area contributed by atoms with E-state index in [0.29, 0.717) is 25.4 Å². The van der Waals surface area contributed by atoms with Crippen LogP contribution in [-0.2, 0) is 4.74 Å². The van der Waals surface area contributed by atoms with Gasteiger partial charge in [0.15, 0.2) is 0 Å². The van der Waals surface area contributed by atoms with Crippen molar-refractivity contribution < 1.29 is 14.5 Å². The molecule has 0 saturated carbocycles. The SMILES string of the molecule is O=C(NCC1COCCN1)Nc1ccc([N+](=O)[O-])cc1. The molecule has 8 heteroatoms. The van der Waals surface area contributed by atoms with Gasteiger partial charge in [0.05, 0.1) is 18.1 Å². The van der Waals surface area contributed by atoms with Crippen LogP contribution in [0.3, 0.4) is 0 Å². The van der Waals surface area contributed by atoms with E-state index < -0.39 is 4.92 Å². The zero-order chi connectivity index (χ0) is 14.4. The van der Waals surface area contributed by atoms with Crippen molar-refractivity contribution in [1.29, 1.82) is 0 Å². The number of hydrogen-bond donors (Lipinski definition) is 3. The van der Waals surface area contributed by atoms with Crippen molar-refractivity contribution in [1.82, 2.24) is 10.6 Å². The molecule has 1 aromatic carbocycles. The molecule has 1 saturated heterocycles. The summed E-state index contributed by atoms with van der Waals surface area (Å²) in [7, 11) is 0. The van der Waals surface area contributed by atoms with Crippen molar-refractivity contribution in [2.24, 2.45) is 0 Å².